The Hall–Kier alpha value is 0.645. The molecule has 0 N–H and O–H groups in total. The lowest BCUT2D eigenvalue weighted by Gasteiger charge is -2.12. The Bertz CT molecular complexity index is 88.5. The highest BCUT2D eigenvalue weighted by atomic mass is 35.5. The topological polar surface area (TPSA) is 0 Å². The number of halogens is 2. The van der Waals surface area contributed by atoms with Gasteiger partial charge in [0.05, 0.1) is 4.74 Å². The first-order chi connectivity index (χ1) is 5.72. The molecular formula is C9H19BCl2. The van der Waals surface area contributed by atoms with Gasteiger partial charge in [0.1, 0.15) is 0 Å². The molecule has 0 saturated carbocycles. The molecule has 0 atom stereocenters. The monoisotopic (exact) mass is 208 g/mol. The van der Waals surface area contributed by atoms with Crippen molar-refractivity contribution in [2.75, 3.05) is 0 Å². The first-order valence-corrected chi connectivity index (χ1v) is 5.87. The molecule has 0 radical (unpaired) electrons. The molecule has 0 heterocycles. The number of hydrogen-bond acceptors (Lipinski definition) is 0. The van der Waals surface area contributed by atoms with Crippen LogP contribution in [0.4, 0.5) is 0 Å². The highest BCUT2D eigenvalue weighted by Gasteiger charge is 2.19. The largest absolute Gasteiger partial charge is 0.181 e. The van der Waals surface area contributed by atoms with Gasteiger partial charge in [0.25, 0.3) is 0 Å². The minimum atomic E-state index is -0.164. The van der Waals surface area contributed by atoms with Gasteiger partial charge >= 0.3 is 0 Å². The fourth-order valence-corrected chi connectivity index (χ4v) is 1.83. The lowest BCUT2D eigenvalue weighted by atomic mass is 9.45. The van der Waals surface area contributed by atoms with Gasteiger partial charge in [0, 0.05) is 0 Å². The van der Waals surface area contributed by atoms with Crippen molar-refractivity contribution >= 4 is 29.9 Å². The van der Waals surface area contributed by atoms with Gasteiger partial charge in [-0.2, -0.15) is 0 Å². The standard InChI is InChI=1S/C9H19BCl2/c1-3-5-7-10(9(11)12)8-6-4-2/h9H,3-8H2,1-2H3. The molecule has 0 spiro atoms. The maximum atomic E-state index is 5.88. The molecule has 0 rings (SSSR count). The molecule has 0 bridgehead atoms. The van der Waals surface area contributed by atoms with Crippen LogP contribution in [-0.4, -0.2) is 11.4 Å². The van der Waals surface area contributed by atoms with E-state index >= 15 is 0 Å². The molecule has 0 aliphatic rings. The third kappa shape index (κ3) is 6.19. The van der Waals surface area contributed by atoms with Crippen molar-refractivity contribution in [1.82, 2.24) is 0 Å². The number of hydrogen-bond donors (Lipinski definition) is 0. The van der Waals surface area contributed by atoms with E-state index in [4.69, 9.17) is 23.2 Å². The van der Waals surface area contributed by atoms with Crippen molar-refractivity contribution in [3.8, 4) is 0 Å². The third-order valence-corrected chi connectivity index (χ3v) is 2.93. The summed E-state index contributed by atoms with van der Waals surface area (Å²) >= 11 is 11.8. The Labute approximate surface area is 87.1 Å². The van der Waals surface area contributed by atoms with Crippen LogP contribution in [0.1, 0.15) is 39.5 Å². The minimum Gasteiger partial charge on any atom is -0.115 e. The third-order valence-electron chi connectivity index (χ3n) is 2.21. The van der Waals surface area contributed by atoms with Crippen molar-refractivity contribution < 1.29 is 0 Å². The molecule has 0 aromatic rings. The van der Waals surface area contributed by atoms with Crippen LogP contribution in [-0.2, 0) is 0 Å². The van der Waals surface area contributed by atoms with E-state index in [0.717, 1.165) is 0 Å². The second-order valence-electron chi connectivity index (χ2n) is 3.38. The van der Waals surface area contributed by atoms with Crippen LogP contribution in [0.5, 0.6) is 0 Å². The lowest BCUT2D eigenvalue weighted by Crippen LogP contribution is -2.21. The average molecular weight is 209 g/mol. The number of unbranched alkanes of at least 4 members (excludes halogenated alkanes) is 2. The Kier molecular flexibility index (Phi) is 8.70. The van der Waals surface area contributed by atoms with Gasteiger partial charge in [-0.3, -0.25) is 0 Å². The van der Waals surface area contributed by atoms with Gasteiger partial charge in [-0.1, -0.05) is 52.2 Å². The first-order valence-electron chi connectivity index (χ1n) is 5.00. The van der Waals surface area contributed by atoms with Crippen LogP contribution in [0, 0.1) is 0 Å². The Morgan fingerprint density at radius 1 is 1.00 bits per heavy atom. The molecule has 0 unspecified atom stereocenters. The highest BCUT2D eigenvalue weighted by molar-refractivity contribution is 6.79. The summed E-state index contributed by atoms with van der Waals surface area (Å²) in [6, 6.07) is 0. The molecule has 3 heteroatoms. The smallest absolute Gasteiger partial charge is 0.115 e. The van der Waals surface area contributed by atoms with Crippen LogP contribution >= 0.6 is 23.2 Å². The molecule has 72 valence electrons. The molecule has 0 aliphatic heterocycles. The summed E-state index contributed by atoms with van der Waals surface area (Å²) in [5.74, 6) is 0. The van der Waals surface area contributed by atoms with E-state index in [1.807, 2.05) is 0 Å². The Morgan fingerprint density at radius 3 is 1.67 bits per heavy atom. The predicted octanol–water partition coefficient (Wildman–Crippen LogP) is 4.42. The Balaban J connectivity index is 3.55. The molecule has 0 saturated heterocycles. The van der Waals surface area contributed by atoms with E-state index in [-0.39, 0.29) is 4.74 Å². The average Bonchev–Trinajstić information content (AvgIpc) is 2.04. The second kappa shape index (κ2) is 8.25. The summed E-state index contributed by atoms with van der Waals surface area (Å²) in [5, 5.41) is 0. The number of alkyl halides is 2. The van der Waals surface area contributed by atoms with E-state index in [0.29, 0.717) is 6.71 Å². The molecule has 0 aliphatic carbocycles. The van der Waals surface area contributed by atoms with Gasteiger partial charge in [0.2, 0.25) is 0 Å². The predicted molar refractivity (Wildman–Crippen MR) is 60.7 cm³/mol. The van der Waals surface area contributed by atoms with Gasteiger partial charge in [-0.25, -0.2) is 0 Å². The van der Waals surface area contributed by atoms with E-state index in [1.165, 1.54) is 38.3 Å². The SMILES string of the molecule is CCCCB(CCCC)C(Cl)Cl. The van der Waals surface area contributed by atoms with Crippen molar-refractivity contribution in [2.24, 2.45) is 0 Å². The highest BCUT2D eigenvalue weighted by Crippen LogP contribution is 2.19. The normalized spacial score (nSPS) is 10.8. The zero-order valence-corrected chi connectivity index (χ0v) is 9.67. The Morgan fingerprint density at radius 2 is 1.42 bits per heavy atom. The molecule has 0 amide bonds. The van der Waals surface area contributed by atoms with Gasteiger partial charge < -0.3 is 0 Å². The summed E-state index contributed by atoms with van der Waals surface area (Å²) in [7, 11) is 0. The van der Waals surface area contributed by atoms with E-state index in [2.05, 4.69) is 13.8 Å². The maximum absolute atomic E-state index is 5.88. The van der Waals surface area contributed by atoms with E-state index in [9.17, 15) is 0 Å². The van der Waals surface area contributed by atoms with Crippen molar-refractivity contribution in [1.29, 1.82) is 0 Å². The van der Waals surface area contributed by atoms with Crippen molar-refractivity contribution in [3.05, 3.63) is 0 Å². The maximum Gasteiger partial charge on any atom is 0.181 e. The minimum absolute atomic E-state index is 0.164. The zero-order chi connectivity index (χ0) is 9.40. The quantitative estimate of drug-likeness (QED) is 0.429. The molecule has 0 nitrogen and oxygen atoms in total. The molecular weight excluding hydrogens is 190 g/mol. The molecule has 12 heavy (non-hydrogen) atoms. The molecule has 0 aromatic heterocycles. The van der Waals surface area contributed by atoms with E-state index in [1.54, 1.807) is 0 Å². The van der Waals surface area contributed by atoms with Crippen molar-refractivity contribution in [2.45, 2.75) is 56.9 Å². The number of rotatable bonds is 7. The fourth-order valence-electron chi connectivity index (χ4n) is 1.33. The van der Waals surface area contributed by atoms with Crippen LogP contribution in [0.15, 0.2) is 0 Å². The fraction of sp³-hybridized carbons (Fsp3) is 1.00. The van der Waals surface area contributed by atoms with Gasteiger partial charge in [0.15, 0.2) is 6.71 Å². The summed E-state index contributed by atoms with van der Waals surface area (Å²) < 4.78 is -0.164. The lowest BCUT2D eigenvalue weighted by molar-refractivity contribution is 0.840. The van der Waals surface area contributed by atoms with Crippen LogP contribution in [0.3, 0.4) is 0 Å². The zero-order valence-electron chi connectivity index (χ0n) is 8.15. The van der Waals surface area contributed by atoms with Gasteiger partial charge in [-0.05, 0) is 0 Å². The van der Waals surface area contributed by atoms with E-state index < -0.39 is 0 Å². The summed E-state index contributed by atoms with van der Waals surface area (Å²) in [4.78, 5) is 0. The van der Waals surface area contributed by atoms with Crippen LogP contribution in [0.2, 0.25) is 12.6 Å². The van der Waals surface area contributed by atoms with Crippen LogP contribution in [0.25, 0.3) is 0 Å². The van der Waals surface area contributed by atoms with Gasteiger partial charge in [-0.15, -0.1) is 23.2 Å². The molecule has 0 fully saturated rings. The first kappa shape index (κ1) is 12.6. The second-order valence-corrected chi connectivity index (χ2v) is 4.54. The molecule has 0 aromatic carbocycles. The van der Waals surface area contributed by atoms with Crippen molar-refractivity contribution in [3.63, 3.8) is 0 Å². The summed E-state index contributed by atoms with van der Waals surface area (Å²) in [6.45, 7) is 4.93. The summed E-state index contributed by atoms with van der Waals surface area (Å²) in [6.07, 6.45) is 7.36. The summed E-state index contributed by atoms with van der Waals surface area (Å²) in [5.41, 5.74) is 0. The van der Waals surface area contributed by atoms with Crippen LogP contribution < -0.4 is 0 Å².